The van der Waals surface area contributed by atoms with Crippen LogP contribution in [0.5, 0.6) is 0 Å². The Morgan fingerprint density at radius 3 is 2.78 bits per heavy atom. The van der Waals surface area contributed by atoms with Crippen molar-refractivity contribution in [3.63, 3.8) is 0 Å². The lowest BCUT2D eigenvalue weighted by Crippen LogP contribution is -2.37. The van der Waals surface area contributed by atoms with Crippen LogP contribution in [0.2, 0.25) is 0 Å². The van der Waals surface area contributed by atoms with Crippen LogP contribution in [0.1, 0.15) is 32.0 Å². The van der Waals surface area contributed by atoms with Crippen molar-refractivity contribution in [2.24, 2.45) is 5.92 Å². The molecule has 1 N–H and O–H groups in total. The summed E-state index contributed by atoms with van der Waals surface area (Å²) in [5.74, 6) is 2.44. The van der Waals surface area contributed by atoms with Crippen LogP contribution >= 0.6 is 15.9 Å². The number of rotatable bonds is 5. The summed E-state index contributed by atoms with van der Waals surface area (Å²) >= 11 is 3.44. The second-order valence-corrected chi connectivity index (χ2v) is 5.90. The lowest BCUT2D eigenvalue weighted by atomic mass is 9.82. The van der Waals surface area contributed by atoms with Crippen LogP contribution in [0.15, 0.2) is 10.7 Å². The van der Waals surface area contributed by atoms with Gasteiger partial charge in [-0.15, -0.1) is 0 Å². The molecule has 0 unspecified atom stereocenters. The van der Waals surface area contributed by atoms with Crippen molar-refractivity contribution in [3.05, 3.63) is 16.5 Å². The molecule has 0 amide bonds. The first kappa shape index (κ1) is 13.7. The minimum absolute atomic E-state index is 0.0869. The molecule has 5 heteroatoms. The highest BCUT2D eigenvalue weighted by Gasteiger charge is 2.28. The van der Waals surface area contributed by atoms with E-state index >= 15 is 0 Å². The Kier molecular flexibility index (Phi) is 4.56. The molecule has 1 aromatic rings. The number of aliphatic hydroxyl groups is 1. The molecule has 100 valence electrons. The van der Waals surface area contributed by atoms with Gasteiger partial charge in [-0.1, -0.05) is 6.92 Å². The highest BCUT2D eigenvalue weighted by Crippen LogP contribution is 2.29. The van der Waals surface area contributed by atoms with Gasteiger partial charge in [0.15, 0.2) is 0 Å². The zero-order valence-electron chi connectivity index (χ0n) is 10.9. The summed E-state index contributed by atoms with van der Waals surface area (Å²) in [6, 6.07) is 1.95. The Labute approximate surface area is 117 Å². The standard InChI is InChI=1S/C13H20BrN3O/c1-3-4-12-15-11(14)7-13(16-12)17(2)8-9-5-10(18)6-9/h7,9-10,18H,3-6,8H2,1-2H3. The second kappa shape index (κ2) is 5.97. The average Bonchev–Trinajstić information content (AvgIpc) is 2.26. The SMILES string of the molecule is CCCc1nc(Br)cc(N(C)CC2CC(O)C2)n1. The summed E-state index contributed by atoms with van der Waals surface area (Å²) in [7, 11) is 2.05. The summed E-state index contributed by atoms with van der Waals surface area (Å²) in [6.07, 6.45) is 3.70. The molecule has 1 fully saturated rings. The van der Waals surface area contributed by atoms with Gasteiger partial charge in [-0.2, -0.15) is 0 Å². The van der Waals surface area contributed by atoms with Crippen LogP contribution in [-0.2, 0) is 6.42 Å². The molecule has 1 aliphatic rings. The van der Waals surface area contributed by atoms with Gasteiger partial charge < -0.3 is 10.0 Å². The molecule has 0 saturated heterocycles. The van der Waals surface area contributed by atoms with Crippen molar-refractivity contribution in [1.29, 1.82) is 0 Å². The lowest BCUT2D eigenvalue weighted by Gasteiger charge is -2.34. The van der Waals surface area contributed by atoms with Gasteiger partial charge in [0.05, 0.1) is 6.10 Å². The number of aryl methyl sites for hydroxylation is 1. The van der Waals surface area contributed by atoms with Gasteiger partial charge in [-0.05, 0) is 41.1 Å². The van der Waals surface area contributed by atoms with Gasteiger partial charge in [-0.3, -0.25) is 0 Å². The predicted octanol–water partition coefficient (Wildman–Crippen LogP) is 2.40. The molecule has 1 heterocycles. The Morgan fingerprint density at radius 1 is 1.44 bits per heavy atom. The van der Waals surface area contributed by atoms with Crippen molar-refractivity contribution < 1.29 is 5.11 Å². The van der Waals surface area contributed by atoms with Crippen LogP contribution in [0.3, 0.4) is 0 Å². The Balaban J connectivity index is 2.02. The molecule has 2 rings (SSSR count). The third kappa shape index (κ3) is 3.42. The van der Waals surface area contributed by atoms with Gasteiger partial charge in [-0.25, -0.2) is 9.97 Å². The van der Waals surface area contributed by atoms with Crippen molar-refractivity contribution >= 4 is 21.7 Å². The third-order valence-corrected chi connectivity index (χ3v) is 3.74. The van der Waals surface area contributed by atoms with Crippen molar-refractivity contribution in [1.82, 2.24) is 9.97 Å². The molecule has 0 spiro atoms. The summed E-state index contributed by atoms with van der Waals surface area (Å²) in [6.45, 7) is 3.08. The van der Waals surface area contributed by atoms with Crippen molar-refractivity contribution in [2.75, 3.05) is 18.5 Å². The average molecular weight is 314 g/mol. The zero-order valence-corrected chi connectivity index (χ0v) is 12.5. The Hall–Kier alpha value is -0.680. The van der Waals surface area contributed by atoms with E-state index in [1.54, 1.807) is 0 Å². The topological polar surface area (TPSA) is 49.2 Å². The molecule has 1 saturated carbocycles. The lowest BCUT2D eigenvalue weighted by molar-refractivity contribution is 0.0464. The Bertz CT molecular complexity index is 407. The minimum atomic E-state index is -0.0869. The minimum Gasteiger partial charge on any atom is -0.393 e. The summed E-state index contributed by atoms with van der Waals surface area (Å²) in [5.41, 5.74) is 0. The number of halogens is 1. The largest absolute Gasteiger partial charge is 0.393 e. The van der Waals surface area contributed by atoms with Crippen LogP contribution in [0, 0.1) is 5.92 Å². The van der Waals surface area contributed by atoms with Gasteiger partial charge in [0, 0.05) is 26.1 Å². The fraction of sp³-hybridized carbons (Fsp3) is 0.692. The van der Waals surface area contributed by atoms with Crippen LogP contribution in [0.4, 0.5) is 5.82 Å². The van der Waals surface area contributed by atoms with Crippen LogP contribution < -0.4 is 4.90 Å². The highest BCUT2D eigenvalue weighted by molar-refractivity contribution is 9.10. The van der Waals surface area contributed by atoms with Gasteiger partial charge in [0.2, 0.25) is 0 Å². The van der Waals surface area contributed by atoms with E-state index in [1.165, 1.54) is 0 Å². The second-order valence-electron chi connectivity index (χ2n) is 5.09. The highest BCUT2D eigenvalue weighted by atomic mass is 79.9. The first-order valence-corrected chi connectivity index (χ1v) is 7.30. The van der Waals surface area contributed by atoms with E-state index < -0.39 is 0 Å². The Morgan fingerprint density at radius 2 is 2.17 bits per heavy atom. The van der Waals surface area contributed by atoms with E-state index in [0.717, 1.165) is 48.5 Å². The third-order valence-electron chi connectivity index (χ3n) is 3.34. The molecule has 0 aliphatic heterocycles. The summed E-state index contributed by atoms with van der Waals surface area (Å²) in [5, 5.41) is 9.31. The zero-order chi connectivity index (χ0) is 13.1. The first-order valence-electron chi connectivity index (χ1n) is 6.51. The molecule has 0 bridgehead atoms. The van der Waals surface area contributed by atoms with Crippen LogP contribution in [0.25, 0.3) is 0 Å². The van der Waals surface area contributed by atoms with Gasteiger partial charge >= 0.3 is 0 Å². The molecule has 0 radical (unpaired) electrons. The van der Waals surface area contributed by atoms with Crippen LogP contribution in [-0.4, -0.2) is 34.8 Å². The van der Waals surface area contributed by atoms with Crippen molar-refractivity contribution in [3.8, 4) is 0 Å². The predicted molar refractivity (Wildman–Crippen MR) is 75.7 cm³/mol. The normalized spacial score (nSPS) is 22.7. The van der Waals surface area contributed by atoms with Gasteiger partial charge in [0.1, 0.15) is 16.2 Å². The van der Waals surface area contributed by atoms with E-state index in [-0.39, 0.29) is 6.10 Å². The summed E-state index contributed by atoms with van der Waals surface area (Å²) < 4.78 is 0.844. The molecular weight excluding hydrogens is 294 g/mol. The van der Waals surface area contributed by atoms with E-state index in [2.05, 4.69) is 44.8 Å². The molecule has 4 nitrogen and oxygen atoms in total. The number of hydrogen-bond donors (Lipinski definition) is 1. The van der Waals surface area contributed by atoms with Crippen molar-refractivity contribution in [2.45, 2.75) is 38.7 Å². The van der Waals surface area contributed by atoms with E-state index in [4.69, 9.17) is 0 Å². The molecule has 0 atom stereocenters. The van der Waals surface area contributed by atoms with E-state index in [9.17, 15) is 5.11 Å². The maximum atomic E-state index is 9.31. The number of anilines is 1. The van der Waals surface area contributed by atoms with Gasteiger partial charge in [0.25, 0.3) is 0 Å². The number of aliphatic hydroxyl groups excluding tert-OH is 1. The van der Waals surface area contributed by atoms with E-state index in [0.29, 0.717) is 5.92 Å². The number of nitrogens with zero attached hydrogens (tertiary/aromatic N) is 3. The monoisotopic (exact) mass is 313 g/mol. The molecule has 1 aliphatic carbocycles. The quantitative estimate of drug-likeness (QED) is 0.848. The number of hydrogen-bond acceptors (Lipinski definition) is 4. The maximum absolute atomic E-state index is 9.31. The summed E-state index contributed by atoms with van der Waals surface area (Å²) in [4.78, 5) is 11.1. The fourth-order valence-corrected chi connectivity index (χ4v) is 2.72. The van der Waals surface area contributed by atoms with E-state index in [1.807, 2.05) is 6.07 Å². The molecule has 1 aromatic heterocycles. The smallest absolute Gasteiger partial charge is 0.133 e. The number of aromatic nitrogens is 2. The fourth-order valence-electron chi connectivity index (χ4n) is 2.31. The molecular formula is C13H20BrN3O. The molecule has 18 heavy (non-hydrogen) atoms. The maximum Gasteiger partial charge on any atom is 0.133 e. The molecule has 0 aromatic carbocycles. The first-order chi connectivity index (χ1) is 8.58.